The van der Waals surface area contributed by atoms with Crippen LogP contribution in [-0.2, 0) is 9.73 Å². The van der Waals surface area contributed by atoms with E-state index in [1.165, 1.54) is 0 Å². The summed E-state index contributed by atoms with van der Waals surface area (Å²) in [5, 5.41) is 8.93. The number of hydrogen-bond acceptors (Lipinski definition) is 3. The second-order valence-corrected chi connectivity index (χ2v) is 4.89. The Morgan fingerprint density at radius 1 is 1.40 bits per heavy atom. The molecule has 2 N–H and O–H groups in total. The van der Waals surface area contributed by atoms with Gasteiger partial charge in [-0.25, -0.2) is 4.21 Å². The number of rotatable bonds is 0. The van der Waals surface area contributed by atoms with Crippen LogP contribution in [0.1, 0.15) is 12.8 Å². The average molecular weight is 186 g/mol. The van der Waals surface area contributed by atoms with Crippen LogP contribution in [0.3, 0.4) is 0 Å². The molecule has 10 heavy (non-hydrogen) atoms. The molecule has 0 aromatic rings. The highest BCUT2D eigenvalue weighted by molar-refractivity contribution is 7.92. The van der Waals surface area contributed by atoms with E-state index in [2.05, 4.69) is 0 Å². The molecule has 62 valence electrons. The lowest BCUT2D eigenvalue weighted by Crippen LogP contribution is -2.25. The largest absolute Gasteiger partial charge is 0.393 e. The van der Waals surface area contributed by atoms with Crippen LogP contribution in [-0.4, -0.2) is 26.9 Å². The van der Waals surface area contributed by atoms with Crippen LogP contribution >= 0.6 is 12.4 Å². The molecule has 0 aromatic carbocycles. The smallest absolute Gasteiger partial charge is 0.0558 e. The zero-order valence-corrected chi connectivity index (χ0v) is 7.21. The molecule has 0 aromatic heterocycles. The first-order valence-electron chi connectivity index (χ1n) is 3.02. The van der Waals surface area contributed by atoms with E-state index in [0.29, 0.717) is 24.3 Å². The molecule has 0 bridgehead atoms. The van der Waals surface area contributed by atoms with Crippen molar-refractivity contribution in [1.82, 2.24) is 0 Å². The molecule has 0 spiro atoms. The molecule has 1 rings (SSSR count). The van der Waals surface area contributed by atoms with Gasteiger partial charge >= 0.3 is 0 Å². The van der Waals surface area contributed by atoms with Gasteiger partial charge in [-0.2, -0.15) is 0 Å². The molecule has 5 heteroatoms. The van der Waals surface area contributed by atoms with Crippen LogP contribution in [0.15, 0.2) is 0 Å². The maximum atomic E-state index is 10.9. The Balaban J connectivity index is 0.000000810. The lowest BCUT2D eigenvalue weighted by atomic mass is 10.2. The molecule has 1 fully saturated rings. The first-order valence-corrected chi connectivity index (χ1v) is 4.92. The van der Waals surface area contributed by atoms with Gasteiger partial charge in [-0.15, -0.1) is 12.4 Å². The van der Waals surface area contributed by atoms with Crippen molar-refractivity contribution in [3.05, 3.63) is 0 Å². The summed E-state index contributed by atoms with van der Waals surface area (Å²) < 4.78 is 18.0. The van der Waals surface area contributed by atoms with Gasteiger partial charge in [-0.1, -0.05) is 0 Å². The van der Waals surface area contributed by atoms with Gasteiger partial charge in [0.25, 0.3) is 0 Å². The summed E-state index contributed by atoms with van der Waals surface area (Å²) in [5.41, 5.74) is 0. The summed E-state index contributed by atoms with van der Waals surface area (Å²) in [7, 11) is -2.28. The van der Waals surface area contributed by atoms with Crippen molar-refractivity contribution in [2.24, 2.45) is 0 Å². The molecule has 3 nitrogen and oxygen atoms in total. The first kappa shape index (κ1) is 10.2. The Hall–Kier alpha value is 0.200. The van der Waals surface area contributed by atoms with Gasteiger partial charge in [0.05, 0.1) is 6.10 Å². The van der Waals surface area contributed by atoms with Gasteiger partial charge in [0.2, 0.25) is 0 Å². The normalized spacial score (nSPS) is 40.3. The van der Waals surface area contributed by atoms with E-state index >= 15 is 0 Å². The fourth-order valence-corrected chi connectivity index (χ4v) is 2.41. The summed E-state index contributed by atoms with van der Waals surface area (Å²) in [6.07, 6.45) is 0.787. The molecule has 0 aliphatic carbocycles. The van der Waals surface area contributed by atoms with Gasteiger partial charge in [-0.05, 0) is 12.8 Å². The number of halogens is 1. The fraction of sp³-hybridized carbons (Fsp3) is 1.00. The molecule has 1 aliphatic rings. The minimum Gasteiger partial charge on any atom is -0.393 e. The van der Waals surface area contributed by atoms with Gasteiger partial charge in [0.1, 0.15) is 0 Å². The van der Waals surface area contributed by atoms with Gasteiger partial charge < -0.3 is 5.11 Å². The lowest BCUT2D eigenvalue weighted by molar-refractivity contribution is 0.164. The third-order valence-electron chi connectivity index (χ3n) is 1.56. The minimum atomic E-state index is -2.28. The topological polar surface area (TPSA) is 61.2 Å². The van der Waals surface area contributed by atoms with Crippen LogP contribution in [0.25, 0.3) is 0 Å². The van der Waals surface area contributed by atoms with Crippen molar-refractivity contribution < 1.29 is 9.32 Å². The quantitative estimate of drug-likeness (QED) is 0.581. The van der Waals surface area contributed by atoms with E-state index in [1.807, 2.05) is 0 Å². The Morgan fingerprint density at radius 2 is 1.80 bits per heavy atom. The van der Waals surface area contributed by atoms with Crippen LogP contribution < -0.4 is 0 Å². The van der Waals surface area contributed by atoms with Crippen molar-refractivity contribution in [2.45, 2.75) is 18.9 Å². The summed E-state index contributed by atoms with van der Waals surface area (Å²) in [6, 6.07) is 0. The maximum Gasteiger partial charge on any atom is 0.0558 e. The SMILES string of the molecule is Cl.N=S1(=O)CCC(O)CC1. The Kier molecular flexibility index (Phi) is 3.62. The second-order valence-electron chi connectivity index (χ2n) is 2.45. The maximum absolute atomic E-state index is 10.9. The van der Waals surface area contributed by atoms with E-state index in [1.54, 1.807) is 0 Å². The fourth-order valence-electron chi connectivity index (χ4n) is 0.899. The highest BCUT2D eigenvalue weighted by Crippen LogP contribution is 2.11. The number of aliphatic hydroxyl groups excluding tert-OH is 1. The molecule has 0 amide bonds. The van der Waals surface area contributed by atoms with Crippen LogP contribution in [0, 0.1) is 4.78 Å². The second kappa shape index (κ2) is 3.55. The molecule has 1 aliphatic heterocycles. The first-order chi connectivity index (χ1) is 4.10. The molecule has 0 unspecified atom stereocenters. The molecule has 0 radical (unpaired) electrons. The minimum absolute atomic E-state index is 0. The Labute approximate surface area is 67.2 Å². The third-order valence-corrected chi connectivity index (χ3v) is 3.35. The highest BCUT2D eigenvalue weighted by atomic mass is 35.5. The number of aliphatic hydroxyl groups is 1. The standard InChI is InChI=1S/C5H11NO2S.ClH/c6-9(8)3-1-5(7)2-4-9;/h5-7H,1-4H2;1H. The highest BCUT2D eigenvalue weighted by Gasteiger charge is 2.18. The number of hydrogen-bond donors (Lipinski definition) is 2. The summed E-state index contributed by atoms with van der Waals surface area (Å²) in [5.74, 6) is 0.766. The summed E-state index contributed by atoms with van der Waals surface area (Å²) in [4.78, 5) is 0. The Bertz CT molecular complexity index is 176. The predicted molar refractivity (Wildman–Crippen MR) is 43.1 cm³/mol. The lowest BCUT2D eigenvalue weighted by Gasteiger charge is -2.18. The van der Waals surface area contributed by atoms with Crippen LogP contribution in [0.4, 0.5) is 0 Å². The van der Waals surface area contributed by atoms with Crippen LogP contribution in [0.5, 0.6) is 0 Å². The number of nitrogens with one attached hydrogen (secondary N) is 1. The van der Waals surface area contributed by atoms with E-state index in [0.717, 1.165) is 0 Å². The van der Waals surface area contributed by atoms with Gasteiger partial charge in [0.15, 0.2) is 0 Å². The monoisotopic (exact) mass is 185 g/mol. The molecule has 0 saturated carbocycles. The third kappa shape index (κ3) is 2.86. The molecule has 1 saturated heterocycles. The molecular formula is C5H12ClNO2S. The van der Waals surface area contributed by atoms with E-state index in [4.69, 9.17) is 9.89 Å². The van der Waals surface area contributed by atoms with Gasteiger partial charge in [-0.3, -0.25) is 4.78 Å². The van der Waals surface area contributed by atoms with E-state index in [9.17, 15) is 4.21 Å². The van der Waals surface area contributed by atoms with E-state index < -0.39 is 9.73 Å². The zero-order chi connectivity index (χ0) is 6.91. The van der Waals surface area contributed by atoms with Crippen LogP contribution in [0.2, 0.25) is 0 Å². The summed E-state index contributed by atoms with van der Waals surface area (Å²) >= 11 is 0. The average Bonchev–Trinajstić information content (AvgIpc) is 1.78. The van der Waals surface area contributed by atoms with Crippen molar-refractivity contribution in [2.75, 3.05) is 11.5 Å². The molecular weight excluding hydrogens is 174 g/mol. The van der Waals surface area contributed by atoms with Crippen molar-refractivity contribution >= 4 is 22.1 Å². The van der Waals surface area contributed by atoms with Gasteiger partial charge in [0, 0.05) is 21.2 Å². The zero-order valence-electron chi connectivity index (χ0n) is 5.58. The van der Waals surface area contributed by atoms with Crippen molar-refractivity contribution in [1.29, 1.82) is 4.78 Å². The Morgan fingerprint density at radius 3 is 2.10 bits per heavy atom. The van der Waals surface area contributed by atoms with Crippen molar-refractivity contribution in [3.63, 3.8) is 0 Å². The summed E-state index contributed by atoms with van der Waals surface area (Å²) in [6.45, 7) is 0. The molecule has 0 atom stereocenters. The predicted octanol–water partition coefficient (Wildman–Crippen LogP) is 0.610. The van der Waals surface area contributed by atoms with E-state index in [-0.39, 0.29) is 18.5 Å². The molecule has 1 heterocycles. The van der Waals surface area contributed by atoms with Crippen molar-refractivity contribution in [3.8, 4) is 0 Å².